The third kappa shape index (κ3) is 4.15. The predicted molar refractivity (Wildman–Crippen MR) is 104 cm³/mol. The molecule has 0 unspecified atom stereocenters. The molecule has 2 aliphatic heterocycles. The molecular formula is C21H20ClF3N2O2. The van der Waals surface area contributed by atoms with Crippen molar-refractivity contribution in [2.75, 3.05) is 25.0 Å². The van der Waals surface area contributed by atoms with Crippen LogP contribution in [-0.2, 0) is 30.6 Å². The van der Waals surface area contributed by atoms with Crippen LogP contribution < -0.4 is 10.1 Å². The van der Waals surface area contributed by atoms with Crippen LogP contribution in [0.3, 0.4) is 0 Å². The first-order valence-electron chi connectivity index (χ1n) is 9.48. The maximum atomic E-state index is 12.8. The first kappa shape index (κ1) is 19.9. The summed E-state index contributed by atoms with van der Waals surface area (Å²) in [7, 11) is 0. The van der Waals surface area contributed by atoms with Gasteiger partial charge in [0.2, 0.25) is 0 Å². The lowest BCUT2D eigenvalue weighted by Gasteiger charge is -2.21. The molecule has 154 valence electrons. The van der Waals surface area contributed by atoms with Gasteiger partial charge in [0, 0.05) is 26.1 Å². The molecule has 0 atom stereocenters. The van der Waals surface area contributed by atoms with E-state index in [4.69, 9.17) is 16.3 Å². The van der Waals surface area contributed by atoms with Gasteiger partial charge in [-0.3, -0.25) is 4.79 Å². The van der Waals surface area contributed by atoms with Gasteiger partial charge >= 0.3 is 12.1 Å². The van der Waals surface area contributed by atoms with Crippen molar-refractivity contribution in [3.8, 4) is 5.75 Å². The molecule has 0 spiro atoms. The first-order chi connectivity index (χ1) is 13.8. The van der Waals surface area contributed by atoms with Crippen molar-refractivity contribution in [2.45, 2.75) is 32.0 Å². The minimum absolute atomic E-state index is 0.0105. The number of rotatable bonds is 3. The fourth-order valence-electron chi connectivity index (χ4n) is 3.91. The summed E-state index contributed by atoms with van der Waals surface area (Å²) in [6, 6.07) is 9.61. The fraction of sp³-hybridized carbons (Fsp3) is 0.381. The van der Waals surface area contributed by atoms with Crippen LogP contribution in [0, 0.1) is 0 Å². The summed E-state index contributed by atoms with van der Waals surface area (Å²) in [5.74, 6) is -0.874. The van der Waals surface area contributed by atoms with E-state index in [1.54, 1.807) is 6.07 Å². The molecule has 2 aromatic carbocycles. The Morgan fingerprint density at radius 1 is 1.10 bits per heavy atom. The van der Waals surface area contributed by atoms with Crippen LogP contribution >= 0.6 is 11.6 Å². The highest BCUT2D eigenvalue weighted by Crippen LogP contribution is 2.33. The van der Waals surface area contributed by atoms with Crippen LogP contribution in [0.15, 0.2) is 30.3 Å². The number of carbonyl (C=O) groups is 1. The number of hydrogen-bond acceptors (Lipinski definition) is 3. The Bertz CT molecular complexity index is 946. The molecule has 1 N–H and O–H groups in total. The molecule has 0 saturated carbocycles. The lowest BCUT2D eigenvalue weighted by Crippen LogP contribution is -2.42. The number of alkyl halides is 3. The highest BCUT2D eigenvalue weighted by molar-refractivity contribution is 6.33. The standard InChI is InChI=1S/C21H20ClF3N2O2/c22-17-3-2-14-5-8-27(20(28)21(23,24)25)9-6-16(14)19(17)26-12-13-1-4-18-15(11-13)7-10-29-18/h1-4,11,26H,5-10,12H2. The summed E-state index contributed by atoms with van der Waals surface area (Å²) in [6.45, 7) is 1.28. The topological polar surface area (TPSA) is 41.6 Å². The number of carbonyl (C=O) groups excluding carboxylic acids is 1. The number of benzene rings is 2. The number of nitrogens with one attached hydrogen (secondary N) is 1. The molecule has 0 aromatic heterocycles. The first-order valence-corrected chi connectivity index (χ1v) is 9.85. The van der Waals surface area contributed by atoms with Crippen LogP contribution in [0.1, 0.15) is 22.3 Å². The molecule has 8 heteroatoms. The van der Waals surface area contributed by atoms with E-state index in [9.17, 15) is 18.0 Å². The van der Waals surface area contributed by atoms with E-state index < -0.39 is 12.1 Å². The molecule has 4 rings (SSSR count). The van der Waals surface area contributed by atoms with E-state index in [0.29, 0.717) is 31.0 Å². The summed E-state index contributed by atoms with van der Waals surface area (Å²) in [5, 5.41) is 3.87. The average Bonchev–Trinajstić information content (AvgIpc) is 3.04. The molecular weight excluding hydrogens is 405 g/mol. The molecule has 0 aliphatic carbocycles. The number of fused-ring (bicyclic) bond motifs is 2. The van der Waals surface area contributed by atoms with E-state index in [1.165, 1.54) is 5.56 Å². The molecule has 0 fully saturated rings. The average molecular weight is 425 g/mol. The highest BCUT2D eigenvalue weighted by Gasteiger charge is 2.42. The van der Waals surface area contributed by atoms with Crippen LogP contribution in [0.25, 0.3) is 0 Å². The number of ether oxygens (including phenoxy) is 1. The van der Waals surface area contributed by atoms with E-state index >= 15 is 0 Å². The Kier molecular flexibility index (Phi) is 5.34. The fourth-order valence-corrected chi connectivity index (χ4v) is 4.15. The van der Waals surface area contributed by atoms with Gasteiger partial charge in [0.1, 0.15) is 5.75 Å². The smallest absolute Gasteiger partial charge is 0.471 e. The molecule has 2 aliphatic rings. The van der Waals surface area contributed by atoms with Gasteiger partial charge in [-0.05, 0) is 47.2 Å². The predicted octanol–water partition coefficient (Wildman–Crippen LogP) is 4.38. The number of halogens is 4. The van der Waals surface area contributed by atoms with Crippen molar-refractivity contribution >= 4 is 23.2 Å². The van der Waals surface area contributed by atoms with Gasteiger partial charge < -0.3 is 15.0 Å². The Morgan fingerprint density at radius 2 is 1.90 bits per heavy atom. The summed E-state index contributed by atoms with van der Waals surface area (Å²) in [6.07, 6.45) is -3.29. The number of nitrogens with zero attached hydrogens (tertiary/aromatic N) is 1. The molecule has 29 heavy (non-hydrogen) atoms. The third-order valence-corrected chi connectivity index (χ3v) is 5.71. The summed E-state index contributed by atoms with van der Waals surface area (Å²) < 4.78 is 43.9. The van der Waals surface area contributed by atoms with Gasteiger partial charge in [-0.25, -0.2) is 0 Å². The summed E-state index contributed by atoms with van der Waals surface area (Å²) in [5.41, 5.74) is 4.76. The zero-order valence-corrected chi connectivity index (χ0v) is 16.4. The van der Waals surface area contributed by atoms with Crippen LogP contribution in [0.2, 0.25) is 5.02 Å². The van der Waals surface area contributed by atoms with Crippen molar-refractivity contribution in [3.63, 3.8) is 0 Å². The lowest BCUT2D eigenvalue weighted by molar-refractivity contribution is -0.185. The minimum Gasteiger partial charge on any atom is -0.493 e. The second-order valence-electron chi connectivity index (χ2n) is 7.24. The van der Waals surface area contributed by atoms with Crippen LogP contribution in [0.5, 0.6) is 5.75 Å². The largest absolute Gasteiger partial charge is 0.493 e. The number of anilines is 1. The van der Waals surface area contributed by atoms with Gasteiger partial charge in [0.05, 0.1) is 17.3 Å². The van der Waals surface area contributed by atoms with Gasteiger partial charge in [0.25, 0.3) is 0 Å². The highest BCUT2D eigenvalue weighted by atomic mass is 35.5. The minimum atomic E-state index is -4.85. The van der Waals surface area contributed by atoms with Crippen LogP contribution in [-0.4, -0.2) is 36.7 Å². The number of amides is 1. The van der Waals surface area contributed by atoms with Gasteiger partial charge in [-0.15, -0.1) is 0 Å². The van der Waals surface area contributed by atoms with Crippen molar-refractivity contribution in [2.24, 2.45) is 0 Å². The second kappa shape index (κ2) is 7.78. The SMILES string of the molecule is O=C(N1CCc2ccc(Cl)c(NCc3ccc4c(c3)CCO4)c2CC1)C(F)(F)F. The van der Waals surface area contributed by atoms with Gasteiger partial charge in [-0.1, -0.05) is 29.8 Å². The van der Waals surface area contributed by atoms with E-state index in [2.05, 4.69) is 11.4 Å². The normalized spacial score (nSPS) is 15.9. The maximum Gasteiger partial charge on any atom is 0.471 e. The van der Waals surface area contributed by atoms with Crippen molar-refractivity contribution < 1.29 is 22.7 Å². The third-order valence-electron chi connectivity index (χ3n) is 5.39. The Labute approximate surface area is 171 Å². The Hall–Kier alpha value is -2.41. The molecule has 0 bridgehead atoms. The monoisotopic (exact) mass is 424 g/mol. The van der Waals surface area contributed by atoms with E-state index in [1.807, 2.05) is 18.2 Å². The Morgan fingerprint density at radius 3 is 2.69 bits per heavy atom. The molecule has 1 amide bonds. The number of hydrogen-bond donors (Lipinski definition) is 1. The molecule has 0 radical (unpaired) electrons. The van der Waals surface area contributed by atoms with Crippen LogP contribution in [0.4, 0.5) is 18.9 Å². The van der Waals surface area contributed by atoms with Crippen molar-refractivity contribution in [1.82, 2.24) is 4.90 Å². The lowest BCUT2D eigenvalue weighted by atomic mass is 10.0. The molecule has 2 heterocycles. The molecule has 4 nitrogen and oxygen atoms in total. The van der Waals surface area contributed by atoms with Gasteiger partial charge in [-0.2, -0.15) is 13.2 Å². The summed E-state index contributed by atoms with van der Waals surface area (Å²) >= 11 is 6.40. The van der Waals surface area contributed by atoms with Crippen molar-refractivity contribution in [1.29, 1.82) is 0 Å². The van der Waals surface area contributed by atoms with E-state index in [0.717, 1.165) is 39.4 Å². The quantitative estimate of drug-likeness (QED) is 0.795. The summed E-state index contributed by atoms with van der Waals surface area (Å²) in [4.78, 5) is 12.5. The maximum absolute atomic E-state index is 12.8. The van der Waals surface area contributed by atoms with Gasteiger partial charge in [0.15, 0.2) is 0 Å². The zero-order chi connectivity index (χ0) is 20.6. The Balaban J connectivity index is 1.52. The zero-order valence-electron chi connectivity index (χ0n) is 15.6. The molecule has 0 saturated heterocycles. The van der Waals surface area contributed by atoms with Crippen molar-refractivity contribution in [3.05, 3.63) is 57.6 Å². The molecule has 2 aromatic rings. The second-order valence-corrected chi connectivity index (χ2v) is 7.65. The van der Waals surface area contributed by atoms with E-state index in [-0.39, 0.29) is 13.1 Å².